The number of aromatic amines is 1. The lowest BCUT2D eigenvalue weighted by Crippen LogP contribution is -2.29. The summed E-state index contributed by atoms with van der Waals surface area (Å²) in [4.78, 5) is 25.4. The first-order valence-electron chi connectivity index (χ1n) is 7.42. The second kappa shape index (κ2) is 5.68. The average Bonchev–Trinajstić information content (AvgIpc) is 3.35. The number of nitrogens with zero attached hydrogens (tertiary/aromatic N) is 4. The van der Waals surface area contributed by atoms with Crippen molar-refractivity contribution in [1.82, 2.24) is 25.0 Å². The van der Waals surface area contributed by atoms with Crippen LogP contribution in [0.5, 0.6) is 0 Å². The molecule has 1 N–H and O–H groups in total. The third kappa shape index (κ3) is 2.50. The number of hydrogen-bond donors (Lipinski definition) is 1. The van der Waals surface area contributed by atoms with Crippen molar-refractivity contribution in [2.24, 2.45) is 0 Å². The molecule has 4 rings (SSSR count). The van der Waals surface area contributed by atoms with E-state index >= 15 is 0 Å². The summed E-state index contributed by atoms with van der Waals surface area (Å²) < 4.78 is 4.90. The minimum absolute atomic E-state index is 0.0167. The van der Waals surface area contributed by atoms with Gasteiger partial charge in [-0.05, 0) is 5.56 Å². The molecule has 1 amide bonds. The normalized spacial score (nSPS) is 20.8. The number of imidazole rings is 1. The Labute approximate surface area is 132 Å². The molecule has 1 aliphatic rings. The van der Waals surface area contributed by atoms with Gasteiger partial charge in [0.1, 0.15) is 5.69 Å². The lowest BCUT2D eigenvalue weighted by Gasteiger charge is -2.15. The number of carbonyl (C=O) groups excluding carboxylic acids is 1. The molecule has 2 atom stereocenters. The van der Waals surface area contributed by atoms with Crippen molar-refractivity contribution in [1.29, 1.82) is 0 Å². The van der Waals surface area contributed by atoms with Gasteiger partial charge in [0, 0.05) is 24.9 Å². The van der Waals surface area contributed by atoms with Crippen LogP contribution in [0.3, 0.4) is 0 Å². The van der Waals surface area contributed by atoms with Crippen LogP contribution in [-0.2, 0) is 0 Å². The van der Waals surface area contributed by atoms with Gasteiger partial charge in [-0.15, -0.1) is 0 Å². The minimum atomic E-state index is -0.0607. The van der Waals surface area contributed by atoms with E-state index in [0.29, 0.717) is 24.6 Å². The Hall–Kier alpha value is -2.96. The van der Waals surface area contributed by atoms with Gasteiger partial charge in [0.25, 0.3) is 5.91 Å². The Morgan fingerprint density at radius 3 is 2.74 bits per heavy atom. The van der Waals surface area contributed by atoms with Gasteiger partial charge < -0.3 is 14.4 Å². The van der Waals surface area contributed by atoms with Crippen LogP contribution in [-0.4, -0.2) is 44.0 Å². The topological polar surface area (TPSA) is 87.9 Å². The van der Waals surface area contributed by atoms with Gasteiger partial charge in [-0.2, -0.15) is 4.98 Å². The molecule has 1 aromatic carbocycles. The Bertz CT molecular complexity index is 770. The van der Waals surface area contributed by atoms with Gasteiger partial charge in [0.05, 0.1) is 12.5 Å². The van der Waals surface area contributed by atoms with Crippen molar-refractivity contribution in [3.8, 4) is 0 Å². The smallest absolute Gasteiger partial charge is 0.271 e. The summed E-state index contributed by atoms with van der Waals surface area (Å²) in [7, 11) is 0. The van der Waals surface area contributed by atoms with Gasteiger partial charge >= 0.3 is 0 Å². The first kappa shape index (κ1) is 13.7. The summed E-state index contributed by atoms with van der Waals surface area (Å²) in [6.45, 7) is 1.16. The molecule has 7 nitrogen and oxygen atoms in total. The van der Waals surface area contributed by atoms with E-state index in [1.54, 1.807) is 6.20 Å². The number of nitrogens with one attached hydrogen (secondary N) is 1. The lowest BCUT2D eigenvalue weighted by molar-refractivity contribution is 0.0783. The van der Waals surface area contributed by atoms with Crippen molar-refractivity contribution >= 4 is 5.91 Å². The fourth-order valence-electron chi connectivity index (χ4n) is 3.15. The first-order chi connectivity index (χ1) is 11.3. The molecule has 0 saturated carbocycles. The molecule has 116 valence electrons. The molecule has 3 heterocycles. The molecule has 3 aromatic rings. The molecule has 0 aliphatic carbocycles. The van der Waals surface area contributed by atoms with Crippen LogP contribution in [0.25, 0.3) is 0 Å². The first-order valence-corrected chi connectivity index (χ1v) is 7.42. The SMILES string of the molecule is O=C(c1cnc[nH]1)N1C[C@H](c2ccccc2)[C@H](c2ncon2)C1. The van der Waals surface area contributed by atoms with Crippen LogP contribution in [0.15, 0.2) is 53.8 Å². The average molecular weight is 309 g/mol. The van der Waals surface area contributed by atoms with Gasteiger partial charge in [0.15, 0.2) is 5.82 Å². The second-order valence-electron chi connectivity index (χ2n) is 5.59. The Kier molecular flexibility index (Phi) is 3.38. The highest BCUT2D eigenvalue weighted by Gasteiger charge is 2.39. The summed E-state index contributed by atoms with van der Waals surface area (Å²) >= 11 is 0. The molecule has 1 aliphatic heterocycles. The van der Waals surface area contributed by atoms with Crippen LogP contribution in [0.4, 0.5) is 0 Å². The molecular weight excluding hydrogens is 294 g/mol. The number of rotatable bonds is 3. The standard InChI is InChI=1S/C16H15N5O2/c22-16(14-6-17-9-18-14)21-7-12(11-4-2-1-3-5-11)13(8-21)15-19-10-23-20-15/h1-6,9-10,12-13H,7-8H2,(H,17,18)/t12-,13-/m1/s1. The van der Waals surface area contributed by atoms with E-state index in [0.717, 1.165) is 0 Å². The Balaban J connectivity index is 1.65. The van der Waals surface area contributed by atoms with Crippen LogP contribution in [0.1, 0.15) is 33.7 Å². The maximum absolute atomic E-state index is 12.6. The molecule has 0 bridgehead atoms. The zero-order valence-electron chi connectivity index (χ0n) is 12.3. The second-order valence-corrected chi connectivity index (χ2v) is 5.59. The summed E-state index contributed by atoms with van der Waals surface area (Å²) in [5, 5.41) is 3.99. The van der Waals surface area contributed by atoms with Gasteiger partial charge in [-0.25, -0.2) is 4.98 Å². The molecule has 0 radical (unpaired) electrons. The van der Waals surface area contributed by atoms with Gasteiger partial charge in [-0.3, -0.25) is 4.79 Å². The highest BCUT2D eigenvalue weighted by atomic mass is 16.5. The van der Waals surface area contributed by atoms with Crippen molar-refractivity contribution in [3.05, 3.63) is 66.3 Å². The molecule has 23 heavy (non-hydrogen) atoms. The predicted octanol–water partition coefficient (Wildman–Crippen LogP) is 1.82. The molecule has 1 fully saturated rings. The van der Waals surface area contributed by atoms with Gasteiger partial charge in [-0.1, -0.05) is 35.5 Å². The Morgan fingerprint density at radius 2 is 2.04 bits per heavy atom. The molecular formula is C16H15N5O2. The minimum Gasteiger partial charge on any atom is -0.343 e. The lowest BCUT2D eigenvalue weighted by atomic mass is 9.88. The van der Waals surface area contributed by atoms with Crippen LogP contribution >= 0.6 is 0 Å². The van der Waals surface area contributed by atoms with Crippen molar-refractivity contribution in [3.63, 3.8) is 0 Å². The zero-order valence-corrected chi connectivity index (χ0v) is 12.3. The Morgan fingerprint density at radius 1 is 1.22 bits per heavy atom. The van der Waals surface area contributed by atoms with E-state index in [1.807, 2.05) is 23.1 Å². The van der Waals surface area contributed by atoms with E-state index in [9.17, 15) is 4.79 Å². The molecule has 0 unspecified atom stereocenters. The van der Waals surface area contributed by atoms with Crippen molar-refractivity contribution < 1.29 is 9.32 Å². The highest BCUT2D eigenvalue weighted by molar-refractivity contribution is 5.92. The molecule has 2 aromatic heterocycles. The number of amides is 1. The number of carbonyl (C=O) groups is 1. The monoisotopic (exact) mass is 309 g/mol. The quantitative estimate of drug-likeness (QED) is 0.797. The zero-order chi connectivity index (χ0) is 15.6. The molecule has 1 saturated heterocycles. The van der Waals surface area contributed by atoms with Crippen molar-refractivity contribution in [2.45, 2.75) is 11.8 Å². The summed E-state index contributed by atoms with van der Waals surface area (Å²) in [6, 6.07) is 10.1. The third-order valence-corrected chi connectivity index (χ3v) is 4.27. The van der Waals surface area contributed by atoms with E-state index in [4.69, 9.17) is 4.52 Å². The predicted molar refractivity (Wildman–Crippen MR) is 80.7 cm³/mol. The number of H-pyrrole nitrogens is 1. The third-order valence-electron chi connectivity index (χ3n) is 4.27. The fourth-order valence-corrected chi connectivity index (χ4v) is 3.15. The number of aromatic nitrogens is 4. The van der Waals surface area contributed by atoms with Crippen LogP contribution < -0.4 is 0 Å². The van der Waals surface area contributed by atoms with E-state index in [-0.39, 0.29) is 17.7 Å². The van der Waals surface area contributed by atoms with Crippen LogP contribution in [0, 0.1) is 0 Å². The van der Waals surface area contributed by atoms with E-state index in [1.165, 1.54) is 18.3 Å². The summed E-state index contributed by atoms with van der Waals surface area (Å²) in [5.41, 5.74) is 1.66. The summed E-state index contributed by atoms with van der Waals surface area (Å²) in [5.74, 6) is 0.733. The number of hydrogen-bond acceptors (Lipinski definition) is 5. The van der Waals surface area contributed by atoms with Gasteiger partial charge in [0.2, 0.25) is 6.39 Å². The fraction of sp³-hybridized carbons (Fsp3) is 0.250. The maximum atomic E-state index is 12.6. The van der Waals surface area contributed by atoms with Crippen molar-refractivity contribution in [2.75, 3.05) is 13.1 Å². The largest absolute Gasteiger partial charge is 0.343 e. The molecule has 7 heteroatoms. The summed E-state index contributed by atoms with van der Waals surface area (Å²) in [6.07, 6.45) is 4.38. The number of likely N-dealkylation sites (tertiary alicyclic amines) is 1. The highest BCUT2D eigenvalue weighted by Crippen LogP contribution is 2.38. The van der Waals surface area contributed by atoms with Crippen LogP contribution in [0.2, 0.25) is 0 Å². The maximum Gasteiger partial charge on any atom is 0.271 e. The van der Waals surface area contributed by atoms with E-state index < -0.39 is 0 Å². The number of benzene rings is 1. The van der Waals surface area contributed by atoms with E-state index in [2.05, 4.69) is 32.2 Å². The molecule has 0 spiro atoms.